The number of nitrogens with zero attached hydrogens (tertiary/aromatic N) is 2. The fraction of sp³-hybridized carbons (Fsp3) is 0.733. The molecule has 0 spiro atoms. The van der Waals surface area contributed by atoms with Gasteiger partial charge in [0.2, 0.25) is 0 Å². The molecular formula is C15H26N4O. The van der Waals surface area contributed by atoms with Crippen LogP contribution in [-0.4, -0.2) is 21.7 Å². The van der Waals surface area contributed by atoms with E-state index in [9.17, 15) is 4.79 Å². The summed E-state index contributed by atoms with van der Waals surface area (Å²) in [7, 11) is 1.78. The number of nitrogen functional groups attached to an aromatic ring is 1. The van der Waals surface area contributed by atoms with Crippen molar-refractivity contribution in [2.24, 2.45) is 13.0 Å². The zero-order chi connectivity index (χ0) is 14.7. The van der Waals surface area contributed by atoms with Crippen LogP contribution in [0, 0.1) is 5.92 Å². The highest BCUT2D eigenvalue weighted by atomic mass is 16.2. The molecule has 0 aliphatic heterocycles. The lowest BCUT2D eigenvalue weighted by Gasteiger charge is -2.31. The van der Waals surface area contributed by atoms with Crippen molar-refractivity contribution in [2.45, 2.75) is 58.4 Å². The maximum absolute atomic E-state index is 12.5. The molecule has 2 rings (SSSR count). The number of aryl methyl sites for hydroxylation is 2. The zero-order valence-electron chi connectivity index (χ0n) is 12.8. The van der Waals surface area contributed by atoms with Crippen LogP contribution >= 0.6 is 0 Å². The average molecular weight is 278 g/mol. The van der Waals surface area contributed by atoms with Gasteiger partial charge in [0.05, 0.1) is 11.4 Å². The lowest BCUT2D eigenvalue weighted by Crippen LogP contribution is -2.42. The Morgan fingerprint density at radius 1 is 1.40 bits per heavy atom. The Morgan fingerprint density at radius 3 is 2.70 bits per heavy atom. The third kappa shape index (κ3) is 2.81. The minimum atomic E-state index is -0.0810. The quantitative estimate of drug-likeness (QED) is 0.887. The maximum atomic E-state index is 12.5. The predicted molar refractivity (Wildman–Crippen MR) is 80.5 cm³/mol. The number of hydrogen-bond acceptors (Lipinski definition) is 3. The van der Waals surface area contributed by atoms with Crippen LogP contribution in [0.5, 0.6) is 0 Å². The summed E-state index contributed by atoms with van der Waals surface area (Å²) < 4.78 is 1.60. The highest BCUT2D eigenvalue weighted by Crippen LogP contribution is 2.27. The molecule has 1 aliphatic rings. The van der Waals surface area contributed by atoms with Gasteiger partial charge in [-0.05, 0) is 25.2 Å². The highest BCUT2D eigenvalue weighted by molar-refractivity contribution is 5.98. The molecule has 2 unspecified atom stereocenters. The summed E-state index contributed by atoms with van der Waals surface area (Å²) in [4.78, 5) is 12.5. The van der Waals surface area contributed by atoms with E-state index in [4.69, 9.17) is 5.73 Å². The normalized spacial score (nSPS) is 22.8. The molecule has 112 valence electrons. The number of hydrogen-bond donors (Lipinski definition) is 2. The van der Waals surface area contributed by atoms with E-state index in [1.54, 1.807) is 11.7 Å². The van der Waals surface area contributed by atoms with E-state index in [-0.39, 0.29) is 11.9 Å². The molecule has 1 aromatic rings. The van der Waals surface area contributed by atoms with Crippen LogP contribution in [0.1, 0.15) is 62.1 Å². The molecule has 5 heteroatoms. The third-order valence-electron chi connectivity index (χ3n) is 4.46. The van der Waals surface area contributed by atoms with Gasteiger partial charge >= 0.3 is 0 Å². The Labute approximate surface area is 120 Å². The van der Waals surface area contributed by atoms with Crippen LogP contribution in [-0.2, 0) is 13.5 Å². The molecule has 0 aromatic carbocycles. The number of rotatable bonds is 4. The van der Waals surface area contributed by atoms with Gasteiger partial charge in [0.1, 0.15) is 5.69 Å². The van der Waals surface area contributed by atoms with Crippen molar-refractivity contribution >= 4 is 11.6 Å². The van der Waals surface area contributed by atoms with Crippen molar-refractivity contribution < 1.29 is 4.79 Å². The van der Waals surface area contributed by atoms with Gasteiger partial charge in [-0.15, -0.1) is 0 Å². The van der Waals surface area contributed by atoms with Crippen LogP contribution < -0.4 is 11.1 Å². The predicted octanol–water partition coefficient (Wildman–Crippen LogP) is 2.26. The fourth-order valence-electron chi connectivity index (χ4n) is 3.25. The smallest absolute Gasteiger partial charge is 0.271 e. The Hall–Kier alpha value is -1.52. The van der Waals surface area contributed by atoms with Crippen molar-refractivity contribution in [3.63, 3.8) is 0 Å². The van der Waals surface area contributed by atoms with Gasteiger partial charge in [-0.1, -0.05) is 33.1 Å². The summed E-state index contributed by atoms with van der Waals surface area (Å²) >= 11 is 0. The van der Waals surface area contributed by atoms with Crippen molar-refractivity contribution in [3.8, 4) is 0 Å². The van der Waals surface area contributed by atoms with Crippen LogP contribution in [0.15, 0.2) is 0 Å². The molecule has 3 N–H and O–H groups in total. The molecule has 1 aliphatic carbocycles. The SMILES string of the molecule is CCc1nn(C)c(C(=O)NC2CCCCC2CC)c1N. The molecule has 1 aromatic heterocycles. The standard InChI is InChI=1S/C15H26N4O/c1-4-10-8-6-7-9-12(10)17-15(20)14-13(16)11(5-2)18-19(14)3/h10,12H,4-9,16H2,1-3H3,(H,17,20). The highest BCUT2D eigenvalue weighted by Gasteiger charge is 2.27. The van der Waals surface area contributed by atoms with Gasteiger partial charge in [-0.25, -0.2) is 0 Å². The number of carbonyl (C=O) groups excluding carboxylic acids is 1. The number of nitrogens with two attached hydrogens (primary N) is 1. The molecule has 5 nitrogen and oxygen atoms in total. The van der Waals surface area contributed by atoms with Gasteiger partial charge in [-0.3, -0.25) is 9.48 Å². The summed E-state index contributed by atoms with van der Waals surface area (Å²) in [6, 6.07) is 0.278. The first-order chi connectivity index (χ1) is 9.58. The van der Waals surface area contributed by atoms with Crippen molar-refractivity contribution in [2.75, 3.05) is 5.73 Å². The molecule has 0 radical (unpaired) electrons. The van der Waals surface area contributed by atoms with Crippen LogP contribution in [0.4, 0.5) is 5.69 Å². The summed E-state index contributed by atoms with van der Waals surface area (Å²) in [5, 5.41) is 7.49. The van der Waals surface area contributed by atoms with E-state index in [0.29, 0.717) is 17.3 Å². The first kappa shape index (κ1) is 14.9. The molecule has 1 fully saturated rings. The van der Waals surface area contributed by atoms with Crippen molar-refractivity contribution in [3.05, 3.63) is 11.4 Å². The number of amides is 1. The van der Waals surface area contributed by atoms with Crippen molar-refractivity contribution in [1.82, 2.24) is 15.1 Å². The van der Waals surface area contributed by atoms with Gasteiger partial charge in [0, 0.05) is 13.1 Å². The van der Waals surface area contributed by atoms with Crippen LogP contribution in [0.25, 0.3) is 0 Å². The second-order valence-corrected chi connectivity index (χ2v) is 5.72. The minimum Gasteiger partial charge on any atom is -0.395 e. The molecule has 2 atom stereocenters. The summed E-state index contributed by atoms with van der Waals surface area (Å²) in [5.41, 5.74) is 7.87. The van der Waals surface area contributed by atoms with E-state index in [2.05, 4.69) is 17.3 Å². The van der Waals surface area contributed by atoms with Gasteiger partial charge in [0.15, 0.2) is 0 Å². The number of carbonyl (C=O) groups is 1. The van der Waals surface area contributed by atoms with Crippen LogP contribution in [0.3, 0.4) is 0 Å². The van der Waals surface area contributed by atoms with E-state index in [0.717, 1.165) is 25.0 Å². The van der Waals surface area contributed by atoms with Gasteiger partial charge < -0.3 is 11.1 Å². The number of aromatic nitrogens is 2. The molecule has 1 heterocycles. The monoisotopic (exact) mass is 278 g/mol. The molecule has 0 saturated heterocycles. The average Bonchev–Trinajstić information content (AvgIpc) is 2.73. The summed E-state index contributed by atoms with van der Waals surface area (Å²) in [6.45, 7) is 4.19. The Morgan fingerprint density at radius 2 is 2.10 bits per heavy atom. The van der Waals surface area contributed by atoms with E-state index in [1.807, 2.05) is 6.92 Å². The summed E-state index contributed by atoms with van der Waals surface area (Å²) in [6.07, 6.45) is 6.62. The molecular weight excluding hydrogens is 252 g/mol. The first-order valence-electron chi connectivity index (χ1n) is 7.70. The molecule has 0 bridgehead atoms. The van der Waals surface area contributed by atoms with E-state index >= 15 is 0 Å². The second kappa shape index (κ2) is 6.29. The second-order valence-electron chi connectivity index (χ2n) is 5.72. The lowest BCUT2D eigenvalue weighted by atomic mass is 9.83. The topological polar surface area (TPSA) is 72.9 Å². The largest absolute Gasteiger partial charge is 0.395 e. The van der Waals surface area contributed by atoms with Crippen LogP contribution in [0.2, 0.25) is 0 Å². The molecule has 1 saturated carbocycles. The molecule has 1 amide bonds. The Bertz CT molecular complexity index is 480. The van der Waals surface area contributed by atoms with Crippen molar-refractivity contribution in [1.29, 1.82) is 0 Å². The third-order valence-corrected chi connectivity index (χ3v) is 4.46. The number of nitrogens with one attached hydrogen (secondary N) is 1. The summed E-state index contributed by atoms with van der Waals surface area (Å²) in [5.74, 6) is 0.510. The first-order valence-corrected chi connectivity index (χ1v) is 7.70. The Balaban J connectivity index is 2.13. The van der Waals surface area contributed by atoms with E-state index < -0.39 is 0 Å². The molecule has 20 heavy (non-hydrogen) atoms. The lowest BCUT2D eigenvalue weighted by molar-refractivity contribution is 0.0896. The fourth-order valence-corrected chi connectivity index (χ4v) is 3.25. The minimum absolute atomic E-state index is 0.0810. The maximum Gasteiger partial charge on any atom is 0.271 e. The van der Waals surface area contributed by atoms with Gasteiger partial charge in [-0.2, -0.15) is 5.10 Å². The Kier molecular flexibility index (Phi) is 4.68. The zero-order valence-corrected chi connectivity index (χ0v) is 12.8. The van der Waals surface area contributed by atoms with E-state index in [1.165, 1.54) is 19.3 Å². The number of anilines is 1. The van der Waals surface area contributed by atoms with Gasteiger partial charge in [0.25, 0.3) is 5.91 Å².